The summed E-state index contributed by atoms with van der Waals surface area (Å²) in [6, 6.07) is 21.8. The van der Waals surface area contributed by atoms with Crippen LogP contribution in [0.15, 0.2) is 80.7 Å². The van der Waals surface area contributed by atoms with Crippen LogP contribution < -0.4 is 10.2 Å². The van der Waals surface area contributed by atoms with Crippen LogP contribution in [-0.4, -0.2) is 18.3 Å². The second kappa shape index (κ2) is 7.63. The summed E-state index contributed by atoms with van der Waals surface area (Å²) in [4.78, 5) is 4.65. The summed E-state index contributed by atoms with van der Waals surface area (Å²) in [6.45, 7) is 0. The van der Waals surface area contributed by atoms with E-state index in [0.717, 1.165) is 26.5 Å². The molecule has 0 aliphatic rings. The van der Waals surface area contributed by atoms with Crippen LogP contribution in [0.1, 0.15) is 5.76 Å². The van der Waals surface area contributed by atoms with Gasteiger partial charge in [-0.2, -0.15) is 5.10 Å². The molecule has 2 aromatic heterocycles. The normalized spacial score (nSPS) is 11.2. The number of hydrogen-bond acceptors (Lipinski definition) is 5. The van der Waals surface area contributed by atoms with E-state index in [-0.39, 0.29) is 0 Å². The first-order valence-electron chi connectivity index (χ1n) is 8.31. The second-order valence-electron chi connectivity index (χ2n) is 5.81. The molecule has 4 rings (SSSR count). The van der Waals surface area contributed by atoms with Gasteiger partial charge in [0, 0.05) is 15.9 Å². The second-order valence-corrected chi connectivity index (χ2v) is 6.73. The Balaban J connectivity index is 1.70. The predicted molar refractivity (Wildman–Crippen MR) is 111 cm³/mol. The van der Waals surface area contributed by atoms with E-state index in [0.29, 0.717) is 17.5 Å². The average molecular weight is 422 g/mol. The van der Waals surface area contributed by atoms with Crippen LogP contribution in [0, 0.1) is 0 Å². The first kappa shape index (κ1) is 17.3. The minimum Gasteiger partial charge on any atom is -0.468 e. The molecule has 1 N–H and O–H groups in total. The molecule has 5 nitrogen and oxygen atoms in total. The van der Waals surface area contributed by atoms with Gasteiger partial charge in [-0.05, 0) is 41.5 Å². The summed E-state index contributed by atoms with van der Waals surface area (Å²) < 4.78 is 11.4. The lowest BCUT2D eigenvalue weighted by atomic mass is 10.0. The number of benzene rings is 2. The number of anilines is 1. The molecule has 0 atom stereocenters. The van der Waals surface area contributed by atoms with Gasteiger partial charge in [0.15, 0.2) is 5.76 Å². The van der Waals surface area contributed by atoms with Gasteiger partial charge in [-0.15, -0.1) is 0 Å². The highest BCUT2D eigenvalue weighted by atomic mass is 79.9. The Morgan fingerprint density at radius 1 is 1.07 bits per heavy atom. The highest BCUT2D eigenvalue weighted by Gasteiger charge is 2.08. The molecule has 2 heterocycles. The molecule has 0 aliphatic carbocycles. The smallest absolute Gasteiger partial charge is 0.284 e. The molecule has 0 bridgehead atoms. The van der Waals surface area contributed by atoms with Crippen molar-refractivity contribution < 1.29 is 9.15 Å². The van der Waals surface area contributed by atoms with Crippen LogP contribution in [0.5, 0.6) is 5.95 Å². The maximum Gasteiger partial charge on any atom is 0.284 e. The number of fused-ring (bicyclic) bond motifs is 1. The lowest BCUT2D eigenvalue weighted by Crippen LogP contribution is -1.95. The topological polar surface area (TPSA) is 59.6 Å². The monoisotopic (exact) mass is 421 g/mol. The van der Waals surface area contributed by atoms with Gasteiger partial charge in [-0.3, -0.25) is 5.43 Å². The molecule has 4 aromatic rings. The summed E-state index contributed by atoms with van der Waals surface area (Å²) >= 11 is 3.55. The van der Waals surface area contributed by atoms with Crippen LogP contribution in [0.3, 0.4) is 0 Å². The van der Waals surface area contributed by atoms with Gasteiger partial charge in [0.1, 0.15) is 5.82 Å². The van der Waals surface area contributed by atoms with Gasteiger partial charge in [0.05, 0.1) is 18.8 Å². The van der Waals surface area contributed by atoms with Crippen LogP contribution in [0.4, 0.5) is 5.82 Å². The fourth-order valence-corrected chi connectivity index (χ4v) is 3.15. The molecule has 0 amide bonds. The molecular formula is C21H16BrN3O2. The fraction of sp³-hybridized carbons (Fsp3) is 0.0476. The number of halogens is 1. The molecule has 6 heteroatoms. The standard InChI is InChI=1S/C21H16BrN3O2/c1-26-21-10-8-16(27-21)13-23-25-20-12-17(14-5-3-2-4-6-14)18-11-15(22)7-9-19(18)24-20/h2-13H,1H3,(H,24,25)/b23-13-. The zero-order valence-corrected chi connectivity index (χ0v) is 16.1. The molecule has 0 unspecified atom stereocenters. The summed E-state index contributed by atoms with van der Waals surface area (Å²) in [5.41, 5.74) is 6.07. The maximum atomic E-state index is 5.41. The van der Waals surface area contributed by atoms with Gasteiger partial charge < -0.3 is 9.15 Å². The van der Waals surface area contributed by atoms with Crippen molar-refractivity contribution in [3.63, 3.8) is 0 Å². The van der Waals surface area contributed by atoms with Gasteiger partial charge >= 0.3 is 0 Å². The minimum atomic E-state index is 0.442. The van der Waals surface area contributed by atoms with Crippen molar-refractivity contribution in [3.05, 3.63) is 77.0 Å². The van der Waals surface area contributed by atoms with Crippen molar-refractivity contribution in [1.82, 2.24) is 4.98 Å². The van der Waals surface area contributed by atoms with Crippen molar-refractivity contribution >= 4 is 38.9 Å². The Kier molecular flexibility index (Phi) is 4.89. The van der Waals surface area contributed by atoms with Crippen molar-refractivity contribution in [2.24, 2.45) is 5.10 Å². The van der Waals surface area contributed by atoms with Crippen LogP contribution >= 0.6 is 15.9 Å². The van der Waals surface area contributed by atoms with Gasteiger partial charge in [-0.1, -0.05) is 46.3 Å². The summed E-state index contributed by atoms with van der Waals surface area (Å²) in [7, 11) is 1.56. The Hall–Kier alpha value is -3.12. The van der Waals surface area contributed by atoms with Crippen LogP contribution in [0.2, 0.25) is 0 Å². The van der Waals surface area contributed by atoms with Crippen LogP contribution in [-0.2, 0) is 0 Å². The van der Waals surface area contributed by atoms with E-state index in [9.17, 15) is 0 Å². The molecule has 0 aliphatic heterocycles. The quantitative estimate of drug-likeness (QED) is 0.331. The largest absolute Gasteiger partial charge is 0.468 e. The fourth-order valence-electron chi connectivity index (χ4n) is 2.79. The van der Waals surface area contributed by atoms with Crippen molar-refractivity contribution in [1.29, 1.82) is 0 Å². The number of aromatic nitrogens is 1. The zero-order valence-electron chi connectivity index (χ0n) is 14.5. The molecule has 0 spiro atoms. The number of nitrogens with one attached hydrogen (secondary N) is 1. The molecule has 0 radical (unpaired) electrons. The highest BCUT2D eigenvalue weighted by Crippen LogP contribution is 2.32. The van der Waals surface area contributed by atoms with E-state index in [1.807, 2.05) is 36.4 Å². The Labute approximate surface area is 164 Å². The third kappa shape index (κ3) is 3.85. The number of ether oxygens (including phenoxy) is 1. The molecule has 0 saturated carbocycles. The molecule has 0 fully saturated rings. The van der Waals surface area contributed by atoms with E-state index in [1.165, 1.54) is 0 Å². The number of furan rings is 1. The van der Waals surface area contributed by atoms with E-state index >= 15 is 0 Å². The lowest BCUT2D eigenvalue weighted by molar-refractivity contribution is 0.303. The molecule has 134 valence electrons. The maximum absolute atomic E-state index is 5.41. The summed E-state index contributed by atoms with van der Waals surface area (Å²) in [6.07, 6.45) is 1.58. The lowest BCUT2D eigenvalue weighted by Gasteiger charge is -2.10. The minimum absolute atomic E-state index is 0.442. The summed E-state index contributed by atoms with van der Waals surface area (Å²) in [5.74, 6) is 1.68. The molecule has 27 heavy (non-hydrogen) atoms. The van der Waals surface area contributed by atoms with E-state index in [4.69, 9.17) is 9.15 Å². The number of rotatable bonds is 5. The first-order chi connectivity index (χ1) is 13.2. The van der Waals surface area contributed by atoms with Crippen LogP contribution in [0.25, 0.3) is 22.0 Å². The number of hydrogen-bond donors (Lipinski definition) is 1. The predicted octanol–water partition coefficient (Wildman–Crippen LogP) is 5.71. The Bertz CT molecular complexity index is 1110. The Morgan fingerprint density at radius 2 is 1.93 bits per heavy atom. The third-order valence-electron chi connectivity index (χ3n) is 4.03. The van der Waals surface area contributed by atoms with E-state index in [2.05, 4.69) is 49.6 Å². The van der Waals surface area contributed by atoms with E-state index in [1.54, 1.807) is 25.5 Å². The number of methoxy groups -OCH3 is 1. The van der Waals surface area contributed by atoms with Gasteiger partial charge in [-0.25, -0.2) is 4.98 Å². The molecular weight excluding hydrogens is 406 g/mol. The third-order valence-corrected chi connectivity index (χ3v) is 4.52. The number of hydrazone groups is 1. The summed E-state index contributed by atoms with van der Waals surface area (Å²) in [5, 5.41) is 5.29. The molecule has 2 aromatic carbocycles. The van der Waals surface area contributed by atoms with Gasteiger partial charge in [0.25, 0.3) is 5.95 Å². The first-order valence-corrected chi connectivity index (χ1v) is 9.11. The van der Waals surface area contributed by atoms with Crippen molar-refractivity contribution in [2.45, 2.75) is 0 Å². The average Bonchev–Trinajstić information content (AvgIpc) is 3.16. The SMILES string of the molecule is COc1ccc(/C=N\Nc2cc(-c3ccccc3)c3cc(Br)ccc3n2)o1. The van der Waals surface area contributed by atoms with Crippen molar-refractivity contribution in [2.75, 3.05) is 12.5 Å². The Morgan fingerprint density at radius 3 is 2.70 bits per heavy atom. The van der Waals surface area contributed by atoms with Crippen molar-refractivity contribution in [3.8, 4) is 17.1 Å². The van der Waals surface area contributed by atoms with E-state index < -0.39 is 0 Å². The zero-order chi connectivity index (χ0) is 18.6. The van der Waals surface area contributed by atoms with Gasteiger partial charge in [0.2, 0.25) is 0 Å². The molecule has 0 saturated heterocycles. The number of pyridine rings is 1. The number of nitrogens with zero attached hydrogens (tertiary/aromatic N) is 2. The highest BCUT2D eigenvalue weighted by molar-refractivity contribution is 9.10.